The van der Waals surface area contributed by atoms with Crippen LogP contribution in [0.15, 0.2) is 48.5 Å². The molecule has 0 fully saturated rings. The van der Waals surface area contributed by atoms with E-state index in [0.29, 0.717) is 23.5 Å². The topological polar surface area (TPSA) is 172 Å². The fourth-order valence-corrected chi connectivity index (χ4v) is 4.07. The molecule has 0 spiro atoms. The molecule has 11 heteroatoms. The molecule has 2 aromatic rings. The van der Waals surface area contributed by atoms with E-state index in [9.17, 15) is 19.2 Å². The standard InChI is InChI=1S/C26H34N4O7/c1-35-16-19(24(33)29-15-18-10-7-11-20(36-2)23(18)37-3)26(25(28)34,14-21(27)31)30-22(32)13-12-17-8-5-4-6-9-17/h4-11,19H,12-16H2,1-3H3,(H2,27,31)(H2,28,34)(H,29,33)(H,30,32)/t19-,26?/m0/s1. The average Bonchev–Trinajstić information content (AvgIpc) is 2.88. The molecule has 0 aliphatic rings. The second-order valence-electron chi connectivity index (χ2n) is 8.39. The fourth-order valence-electron chi connectivity index (χ4n) is 4.07. The number of carbonyl (C=O) groups is 4. The maximum absolute atomic E-state index is 13.4. The molecule has 0 aliphatic carbocycles. The van der Waals surface area contributed by atoms with E-state index in [1.165, 1.54) is 21.3 Å². The molecule has 2 rings (SSSR count). The lowest BCUT2D eigenvalue weighted by atomic mass is 9.79. The van der Waals surface area contributed by atoms with Crippen molar-refractivity contribution in [3.63, 3.8) is 0 Å². The number of methoxy groups -OCH3 is 3. The second-order valence-corrected chi connectivity index (χ2v) is 8.39. The first-order chi connectivity index (χ1) is 17.7. The van der Waals surface area contributed by atoms with Gasteiger partial charge in [-0.3, -0.25) is 19.2 Å². The van der Waals surface area contributed by atoms with Crippen LogP contribution in [0.5, 0.6) is 11.5 Å². The third-order valence-corrected chi connectivity index (χ3v) is 5.92. The van der Waals surface area contributed by atoms with Crippen molar-refractivity contribution >= 4 is 23.6 Å². The van der Waals surface area contributed by atoms with E-state index < -0.39 is 41.5 Å². The van der Waals surface area contributed by atoms with Crippen molar-refractivity contribution in [1.29, 1.82) is 0 Å². The monoisotopic (exact) mass is 514 g/mol. The molecule has 11 nitrogen and oxygen atoms in total. The Morgan fingerprint density at radius 3 is 2.22 bits per heavy atom. The van der Waals surface area contributed by atoms with Crippen molar-refractivity contribution in [1.82, 2.24) is 10.6 Å². The molecule has 37 heavy (non-hydrogen) atoms. The summed E-state index contributed by atoms with van der Waals surface area (Å²) >= 11 is 0. The largest absolute Gasteiger partial charge is 0.493 e. The summed E-state index contributed by atoms with van der Waals surface area (Å²) in [4.78, 5) is 51.1. The molecule has 0 saturated carbocycles. The van der Waals surface area contributed by atoms with Crippen molar-refractivity contribution in [3.8, 4) is 11.5 Å². The van der Waals surface area contributed by atoms with Gasteiger partial charge in [-0.2, -0.15) is 0 Å². The summed E-state index contributed by atoms with van der Waals surface area (Å²) in [5.74, 6) is -3.75. The highest BCUT2D eigenvalue weighted by atomic mass is 16.5. The predicted molar refractivity (Wildman–Crippen MR) is 135 cm³/mol. The van der Waals surface area contributed by atoms with Gasteiger partial charge in [-0.15, -0.1) is 0 Å². The van der Waals surface area contributed by atoms with Crippen LogP contribution in [-0.2, 0) is 36.9 Å². The molecular formula is C26H34N4O7. The van der Waals surface area contributed by atoms with Gasteiger partial charge in [0.1, 0.15) is 5.54 Å². The lowest BCUT2D eigenvalue weighted by Gasteiger charge is -2.37. The maximum atomic E-state index is 13.4. The Morgan fingerprint density at radius 2 is 1.65 bits per heavy atom. The van der Waals surface area contributed by atoms with E-state index in [0.717, 1.165) is 5.56 Å². The molecule has 4 amide bonds. The Bertz CT molecular complexity index is 1090. The van der Waals surface area contributed by atoms with Gasteiger partial charge in [0, 0.05) is 25.6 Å². The molecule has 6 N–H and O–H groups in total. The smallest absolute Gasteiger partial charge is 0.244 e. The minimum atomic E-state index is -2.11. The zero-order valence-electron chi connectivity index (χ0n) is 21.2. The van der Waals surface area contributed by atoms with Crippen molar-refractivity contribution in [2.24, 2.45) is 17.4 Å². The number of hydrogen-bond acceptors (Lipinski definition) is 7. The number of hydrogen-bond donors (Lipinski definition) is 4. The molecule has 0 aliphatic heterocycles. The van der Waals surface area contributed by atoms with Gasteiger partial charge in [0.05, 0.1) is 33.2 Å². The van der Waals surface area contributed by atoms with Gasteiger partial charge in [0.15, 0.2) is 11.5 Å². The van der Waals surface area contributed by atoms with E-state index in [-0.39, 0.29) is 19.6 Å². The molecule has 0 heterocycles. The Kier molecular flexibility index (Phi) is 10.9. The summed E-state index contributed by atoms with van der Waals surface area (Å²) < 4.78 is 15.9. The van der Waals surface area contributed by atoms with Gasteiger partial charge in [-0.1, -0.05) is 42.5 Å². The van der Waals surface area contributed by atoms with Crippen LogP contribution in [0.25, 0.3) is 0 Å². The quantitative estimate of drug-likeness (QED) is 0.267. The minimum Gasteiger partial charge on any atom is -0.493 e. The number of amides is 4. The summed E-state index contributed by atoms with van der Waals surface area (Å²) in [5, 5.41) is 5.25. The van der Waals surface area contributed by atoms with E-state index in [2.05, 4.69) is 10.6 Å². The van der Waals surface area contributed by atoms with Gasteiger partial charge in [0.2, 0.25) is 23.6 Å². The fraction of sp³-hybridized carbons (Fsp3) is 0.385. The van der Waals surface area contributed by atoms with Gasteiger partial charge < -0.3 is 36.3 Å². The lowest BCUT2D eigenvalue weighted by molar-refractivity contribution is -0.144. The normalized spacial score (nSPS) is 13.1. The minimum absolute atomic E-state index is 0.00715. The van der Waals surface area contributed by atoms with E-state index >= 15 is 0 Å². The number of ether oxygens (including phenoxy) is 3. The van der Waals surface area contributed by atoms with Crippen molar-refractivity contribution in [2.45, 2.75) is 31.3 Å². The van der Waals surface area contributed by atoms with Crippen LogP contribution in [0, 0.1) is 5.92 Å². The summed E-state index contributed by atoms with van der Waals surface area (Å²) in [5.41, 5.74) is 10.5. The molecule has 0 radical (unpaired) electrons. The summed E-state index contributed by atoms with van der Waals surface area (Å²) in [7, 11) is 4.27. The summed E-state index contributed by atoms with van der Waals surface area (Å²) in [6.45, 7) is -0.330. The van der Waals surface area contributed by atoms with E-state index in [4.69, 9.17) is 25.7 Å². The molecule has 0 bridgehead atoms. The number of para-hydroxylation sites is 1. The number of nitrogens with two attached hydrogens (primary N) is 2. The lowest BCUT2D eigenvalue weighted by Crippen LogP contribution is -2.67. The highest BCUT2D eigenvalue weighted by Gasteiger charge is 2.50. The van der Waals surface area contributed by atoms with Crippen LogP contribution in [0.2, 0.25) is 0 Å². The Balaban J connectivity index is 2.31. The van der Waals surface area contributed by atoms with Crippen LogP contribution < -0.4 is 31.6 Å². The molecule has 2 atom stereocenters. The third-order valence-electron chi connectivity index (χ3n) is 5.92. The van der Waals surface area contributed by atoms with Crippen LogP contribution in [0.4, 0.5) is 0 Å². The average molecular weight is 515 g/mol. The van der Waals surface area contributed by atoms with Gasteiger partial charge in [-0.05, 0) is 18.1 Å². The first-order valence-corrected chi connectivity index (χ1v) is 11.6. The molecular weight excluding hydrogens is 480 g/mol. The van der Waals surface area contributed by atoms with Crippen molar-refractivity contribution in [2.75, 3.05) is 27.9 Å². The Labute approximate surface area is 215 Å². The Hall–Kier alpha value is -4.12. The SMILES string of the molecule is COC[C@@H](C(=O)NCc1cccc(OC)c1OC)C(CC(N)=O)(NC(=O)CCc1ccccc1)C(N)=O. The first kappa shape index (κ1) is 29.1. The number of nitrogens with one attached hydrogen (secondary N) is 2. The second kappa shape index (κ2) is 13.8. The Morgan fingerprint density at radius 1 is 0.946 bits per heavy atom. The maximum Gasteiger partial charge on any atom is 0.244 e. The van der Waals surface area contributed by atoms with Gasteiger partial charge in [-0.25, -0.2) is 0 Å². The zero-order chi connectivity index (χ0) is 27.4. The van der Waals surface area contributed by atoms with Crippen LogP contribution in [0.3, 0.4) is 0 Å². The summed E-state index contributed by atoms with van der Waals surface area (Å²) in [6.07, 6.45) is -0.335. The van der Waals surface area contributed by atoms with Crippen LogP contribution >= 0.6 is 0 Å². The number of aryl methyl sites for hydroxylation is 1. The number of primary amides is 2. The number of benzene rings is 2. The van der Waals surface area contributed by atoms with Gasteiger partial charge in [0.25, 0.3) is 0 Å². The van der Waals surface area contributed by atoms with Crippen molar-refractivity contribution < 1.29 is 33.4 Å². The molecule has 2 aromatic carbocycles. The summed E-state index contributed by atoms with van der Waals surface area (Å²) in [6, 6.07) is 14.4. The molecule has 0 saturated heterocycles. The number of rotatable bonds is 15. The molecule has 1 unspecified atom stereocenters. The van der Waals surface area contributed by atoms with Crippen LogP contribution in [-0.4, -0.2) is 57.1 Å². The van der Waals surface area contributed by atoms with E-state index in [1.807, 2.05) is 30.3 Å². The number of carbonyl (C=O) groups excluding carboxylic acids is 4. The van der Waals surface area contributed by atoms with Gasteiger partial charge >= 0.3 is 0 Å². The predicted octanol–water partition coefficient (Wildman–Crippen LogP) is 0.431. The first-order valence-electron chi connectivity index (χ1n) is 11.6. The van der Waals surface area contributed by atoms with E-state index in [1.54, 1.807) is 18.2 Å². The van der Waals surface area contributed by atoms with Crippen LogP contribution in [0.1, 0.15) is 24.0 Å². The third kappa shape index (κ3) is 7.68. The highest BCUT2D eigenvalue weighted by molar-refractivity contribution is 5.99. The zero-order valence-corrected chi connectivity index (χ0v) is 21.2. The molecule has 0 aromatic heterocycles. The molecule has 200 valence electrons. The van der Waals surface area contributed by atoms with Crippen molar-refractivity contribution in [3.05, 3.63) is 59.7 Å². The highest BCUT2D eigenvalue weighted by Crippen LogP contribution is 2.31.